The van der Waals surface area contributed by atoms with E-state index in [4.69, 9.17) is 10.4 Å². The van der Waals surface area contributed by atoms with Gasteiger partial charge < -0.3 is 20.6 Å². The fourth-order valence-corrected chi connectivity index (χ4v) is 3.64. The van der Waals surface area contributed by atoms with Crippen molar-refractivity contribution in [1.29, 1.82) is 5.26 Å². The Kier molecular flexibility index (Phi) is 6.88. The molecule has 3 rings (SSSR count). The van der Waals surface area contributed by atoms with Crippen LogP contribution in [0.25, 0.3) is 0 Å². The van der Waals surface area contributed by atoms with Crippen molar-refractivity contribution < 1.29 is 19.5 Å². The largest absolute Gasteiger partial charge is 0.480 e. The van der Waals surface area contributed by atoms with E-state index in [0.717, 1.165) is 18.4 Å². The molecule has 1 heterocycles. The minimum atomic E-state index is -1.14. The lowest BCUT2D eigenvalue weighted by molar-refractivity contribution is -0.135. The third kappa shape index (κ3) is 5.60. The Bertz CT molecular complexity index is 1020. The van der Waals surface area contributed by atoms with Crippen LogP contribution in [0, 0.1) is 18.3 Å². The summed E-state index contributed by atoms with van der Waals surface area (Å²) in [4.78, 5) is 37.2. The molecular formula is C23H24N4O4. The van der Waals surface area contributed by atoms with E-state index in [9.17, 15) is 14.4 Å². The van der Waals surface area contributed by atoms with Gasteiger partial charge in [-0.1, -0.05) is 18.2 Å². The lowest BCUT2D eigenvalue weighted by atomic mass is 9.89. The van der Waals surface area contributed by atoms with Crippen LogP contribution in [0.15, 0.2) is 42.5 Å². The van der Waals surface area contributed by atoms with E-state index in [1.54, 1.807) is 30.0 Å². The summed E-state index contributed by atoms with van der Waals surface area (Å²) in [5.41, 5.74) is 3.51. The third-order valence-corrected chi connectivity index (χ3v) is 5.43. The number of anilines is 1. The Morgan fingerprint density at radius 2 is 1.81 bits per heavy atom. The normalized spacial score (nSPS) is 13.9. The summed E-state index contributed by atoms with van der Waals surface area (Å²) in [5, 5.41) is 22.4. The molecule has 8 heteroatoms. The Hall–Kier alpha value is -3.86. The number of nitrogens with zero attached hydrogens (tertiary/aromatic N) is 2. The number of carbonyl (C=O) groups is 3. The number of carbonyl (C=O) groups excluding carboxylic acids is 2. The number of carboxylic acid groups (broad SMARTS) is 1. The third-order valence-electron chi connectivity index (χ3n) is 5.43. The summed E-state index contributed by atoms with van der Waals surface area (Å²) in [7, 11) is 0. The quantitative estimate of drug-likeness (QED) is 0.686. The molecule has 0 atom stereocenters. The van der Waals surface area contributed by atoms with Crippen molar-refractivity contribution in [3.8, 4) is 6.07 Å². The van der Waals surface area contributed by atoms with Crippen molar-refractivity contribution in [2.24, 2.45) is 0 Å². The molecule has 8 nitrogen and oxygen atoms in total. The average molecular weight is 420 g/mol. The van der Waals surface area contributed by atoms with Gasteiger partial charge in [-0.05, 0) is 61.1 Å². The van der Waals surface area contributed by atoms with Gasteiger partial charge in [0.2, 0.25) is 0 Å². The number of benzene rings is 2. The van der Waals surface area contributed by atoms with Crippen molar-refractivity contribution in [3.05, 3.63) is 64.7 Å². The van der Waals surface area contributed by atoms with Gasteiger partial charge in [0, 0.05) is 24.3 Å². The fourth-order valence-electron chi connectivity index (χ4n) is 3.64. The zero-order valence-corrected chi connectivity index (χ0v) is 17.2. The van der Waals surface area contributed by atoms with Crippen LogP contribution >= 0.6 is 0 Å². The zero-order valence-electron chi connectivity index (χ0n) is 17.2. The lowest BCUT2D eigenvalue weighted by Gasteiger charge is -2.32. The first-order valence-electron chi connectivity index (χ1n) is 10.0. The summed E-state index contributed by atoms with van der Waals surface area (Å²) in [5.74, 6) is -0.891. The SMILES string of the molecule is Cc1ccc(C(=O)N2CCC(c3ccc(C#N)cc3)CC2)cc1NC(=O)NCC(=O)O. The van der Waals surface area contributed by atoms with Crippen LogP contribution in [0.1, 0.15) is 45.8 Å². The maximum Gasteiger partial charge on any atom is 0.323 e. The molecule has 1 fully saturated rings. The molecule has 160 valence electrons. The molecule has 0 bridgehead atoms. The molecule has 1 saturated heterocycles. The number of nitrogens with one attached hydrogen (secondary N) is 2. The van der Waals surface area contributed by atoms with Gasteiger partial charge >= 0.3 is 12.0 Å². The van der Waals surface area contributed by atoms with Crippen molar-refractivity contribution in [2.45, 2.75) is 25.7 Å². The number of rotatable bonds is 5. The van der Waals surface area contributed by atoms with E-state index in [1.165, 1.54) is 5.56 Å². The minimum absolute atomic E-state index is 0.104. The number of carboxylic acids is 1. The second kappa shape index (κ2) is 9.76. The van der Waals surface area contributed by atoms with Crippen LogP contribution in [0.4, 0.5) is 10.5 Å². The number of aryl methyl sites for hydroxylation is 1. The Labute approximate surface area is 180 Å². The van der Waals surface area contributed by atoms with Gasteiger partial charge in [0.25, 0.3) is 5.91 Å². The standard InChI is InChI=1S/C23H24N4O4/c1-15-2-5-19(12-20(15)26-23(31)25-14-21(28)29)22(30)27-10-8-18(9-11-27)17-6-3-16(13-24)4-7-17/h2-7,12,18H,8-11,14H2,1H3,(H,28,29)(H2,25,26,31). The molecule has 3 N–H and O–H groups in total. The number of hydrogen-bond donors (Lipinski definition) is 3. The molecule has 0 aliphatic carbocycles. The highest BCUT2D eigenvalue weighted by molar-refractivity contribution is 5.98. The summed E-state index contributed by atoms with van der Waals surface area (Å²) >= 11 is 0. The predicted molar refractivity (Wildman–Crippen MR) is 115 cm³/mol. The lowest BCUT2D eigenvalue weighted by Crippen LogP contribution is -2.38. The van der Waals surface area contributed by atoms with Gasteiger partial charge in [0.15, 0.2) is 0 Å². The molecule has 0 spiro atoms. The molecule has 2 aromatic carbocycles. The molecule has 0 unspecified atom stereocenters. The summed E-state index contributed by atoms with van der Waals surface area (Å²) < 4.78 is 0. The van der Waals surface area contributed by atoms with Crippen molar-refractivity contribution in [1.82, 2.24) is 10.2 Å². The number of piperidine rings is 1. The number of amides is 3. The first-order chi connectivity index (χ1) is 14.9. The maximum atomic E-state index is 13.0. The fraction of sp³-hybridized carbons (Fsp3) is 0.304. The monoisotopic (exact) mass is 420 g/mol. The van der Waals surface area contributed by atoms with Crippen molar-refractivity contribution in [3.63, 3.8) is 0 Å². The van der Waals surface area contributed by atoms with Crippen LogP contribution in [0.2, 0.25) is 0 Å². The van der Waals surface area contributed by atoms with Crippen LogP contribution in [-0.2, 0) is 4.79 Å². The molecule has 0 radical (unpaired) electrons. The molecule has 1 aliphatic heterocycles. The summed E-state index contributed by atoms with van der Waals surface area (Å²) in [6, 6.07) is 14.2. The highest BCUT2D eigenvalue weighted by Crippen LogP contribution is 2.29. The molecule has 0 saturated carbocycles. The van der Waals surface area contributed by atoms with E-state index in [-0.39, 0.29) is 5.91 Å². The molecule has 0 aromatic heterocycles. The highest BCUT2D eigenvalue weighted by atomic mass is 16.4. The first kappa shape index (κ1) is 21.8. The van der Waals surface area contributed by atoms with Gasteiger partial charge in [0.05, 0.1) is 11.6 Å². The molecule has 3 amide bonds. The van der Waals surface area contributed by atoms with Gasteiger partial charge in [0.1, 0.15) is 6.54 Å². The van der Waals surface area contributed by atoms with Crippen LogP contribution in [-0.4, -0.2) is 47.5 Å². The summed E-state index contributed by atoms with van der Waals surface area (Å²) in [6.45, 7) is 2.56. The molecule has 1 aliphatic rings. The number of hydrogen-bond acceptors (Lipinski definition) is 4. The topological polar surface area (TPSA) is 123 Å². The Morgan fingerprint density at radius 1 is 1.13 bits per heavy atom. The van der Waals surface area contributed by atoms with E-state index in [1.807, 2.05) is 24.3 Å². The second-order valence-electron chi connectivity index (χ2n) is 7.53. The van der Waals surface area contributed by atoms with E-state index < -0.39 is 18.5 Å². The van der Waals surface area contributed by atoms with Crippen molar-refractivity contribution >= 4 is 23.6 Å². The average Bonchev–Trinajstić information content (AvgIpc) is 2.79. The molecular weight excluding hydrogens is 396 g/mol. The predicted octanol–water partition coefficient (Wildman–Crippen LogP) is 3.09. The zero-order chi connectivity index (χ0) is 22.4. The van der Waals surface area contributed by atoms with Gasteiger partial charge in [-0.15, -0.1) is 0 Å². The minimum Gasteiger partial charge on any atom is -0.480 e. The van der Waals surface area contributed by atoms with Crippen LogP contribution in [0.5, 0.6) is 0 Å². The Balaban J connectivity index is 1.62. The molecule has 31 heavy (non-hydrogen) atoms. The van der Waals surface area contributed by atoms with E-state index in [0.29, 0.717) is 35.8 Å². The Morgan fingerprint density at radius 3 is 2.42 bits per heavy atom. The van der Waals surface area contributed by atoms with Gasteiger partial charge in [-0.2, -0.15) is 5.26 Å². The van der Waals surface area contributed by atoms with Gasteiger partial charge in [-0.3, -0.25) is 9.59 Å². The first-order valence-corrected chi connectivity index (χ1v) is 10.0. The van der Waals surface area contributed by atoms with Crippen LogP contribution < -0.4 is 10.6 Å². The number of likely N-dealkylation sites (tertiary alicyclic amines) is 1. The van der Waals surface area contributed by atoms with E-state index >= 15 is 0 Å². The molecule has 2 aromatic rings. The van der Waals surface area contributed by atoms with Crippen molar-refractivity contribution in [2.75, 3.05) is 25.0 Å². The van der Waals surface area contributed by atoms with E-state index in [2.05, 4.69) is 16.7 Å². The van der Waals surface area contributed by atoms with Crippen LogP contribution in [0.3, 0.4) is 0 Å². The van der Waals surface area contributed by atoms with Gasteiger partial charge in [-0.25, -0.2) is 4.79 Å². The number of aliphatic carboxylic acids is 1. The summed E-state index contributed by atoms with van der Waals surface area (Å²) in [6.07, 6.45) is 1.68. The number of urea groups is 1. The second-order valence-corrected chi connectivity index (χ2v) is 7.53. The number of nitriles is 1. The maximum absolute atomic E-state index is 13.0. The highest BCUT2D eigenvalue weighted by Gasteiger charge is 2.25. The smallest absolute Gasteiger partial charge is 0.323 e.